The van der Waals surface area contributed by atoms with Gasteiger partial charge in [-0.1, -0.05) is 80.8 Å². The molecule has 0 unspecified atom stereocenters. The molecule has 0 radical (unpaired) electrons. The third-order valence-electron chi connectivity index (χ3n) is 5.34. The number of ketones is 1. The predicted octanol–water partition coefficient (Wildman–Crippen LogP) is 5.27. The lowest BCUT2D eigenvalue weighted by Crippen LogP contribution is -2.35. The van der Waals surface area contributed by atoms with Crippen LogP contribution in [0.5, 0.6) is 0 Å². The van der Waals surface area contributed by atoms with E-state index < -0.39 is 5.60 Å². The molecule has 1 aliphatic rings. The Morgan fingerprint density at radius 1 is 0.960 bits per heavy atom. The highest BCUT2D eigenvalue weighted by atomic mass is 16.3. The van der Waals surface area contributed by atoms with Crippen molar-refractivity contribution in [2.75, 3.05) is 0 Å². The minimum atomic E-state index is -1.17. The summed E-state index contributed by atoms with van der Waals surface area (Å²) in [6.45, 7) is 4.01. The molecular weight excluding hydrogens is 308 g/mol. The molecule has 0 aromatic heterocycles. The quantitative estimate of drug-likeness (QED) is 0.731. The largest absolute Gasteiger partial charge is 0.380 e. The van der Waals surface area contributed by atoms with E-state index in [0.717, 1.165) is 47.9 Å². The Morgan fingerprint density at radius 2 is 1.60 bits per heavy atom. The zero-order chi connectivity index (χ0) is 17.9. The zero-order valence-corrected chi connectivity index (χ0v) is 15.0. The SMILES string of the molecule is CCCCC[C@@H]1C(=O)C=C(C)[C@@]1(O)c1ccc(-c2ccccc2)cc1. The van der Waals surface area contributed by atoms with Gasteiger partial charge in [0.2, 0.25) is 0 Å². The Morgan fingerprint density at radius 3 is 2.24 bits per heavy atom. The van der Waals surface area contributed by atoms with Crippen molar-refractivity contribution in [3.05, 3.63) is 71.8 Å². The molecular formula is C23H26O2. The van der Waals surface area contributed by atoms with Gasteiger partial charge in [-0.2, -0.15) is 0 Å². The second kappa shape index (κ2) is 7.37. The van der Waals surface area contributed by atoms with E-state index in [1.54, 1.807) is 6.08 Å². The third-order valence-corrected chi connectivity index (χ3v) is 5.34. The van der Waals surface area contributed by atoms with Crippen molar-refractivity contribution in [3.8, 4) is 11.1 Å². The summed E-state index contributed by atoms with van der Waals surface area (Å²) in [6, 6.07) is 18.2. The molecule has 0 saturated heterocycles. The first kappa shape index (κ1) is 17.6. The van der Waals surface area contributed by atoms with E-state index in [2.05, 4.69) is 19.1 Å². The summed E-state index contributed by atoms with van der Waals surface area (Å²) in [5.74, 6) is -0.301. The van der Waals surface area contributed by atoms with Gasteiger partial charge < -0.3 is 5.11 Å². The fraction of sp³-hybridized carbons (Fsp3) is 0.348. The van der Waals surface area contributed by atoms with Crippen LogP contribution in [0.1, 0.15) is 45.1 Å². The van der Waals surface area contributed by atoms with E-state index >= 15 is 0 Å². The van der Waals surface area contributed by atoms with Crippen molar-refractivity contribution in [2.45, 2.75) is 45.1 Å². The molecule has 0 aliphatic heterocycles. The van der Waals surface area contributed by atoms with Crippen LogP contribution in [0.25, 0.3) is 11.1 Å². The van der Waals surface area contributed by atoms with Gasteiger partial charge in [0, 0.05) is 0 Å². The Kier molecular flexibility index (Phi) is 5.19. The van der Waals surface area contributed by atoms with Crippen molar-refractivity contribution in [1.82, 2.24) is 0 Å². The van der Waals surface area contributed by atoms with Gasteiger partial charge in [-0.3, -0.25) is 4.79 Å². The number of hydrogen-bond acceptors (Lipinski definition) is 2. The highest BCUT2D eigenvalue weighted by Crippen LogP contribution is 2.44. The minimum absolute atomic E-state index is 0.0586. The van der Waals surface area contributed by atoms with E-state index in [-0.39, 0.29) is 11.7 Å². The number of allylic oxidation sites excluding steroid dienone is 1. The van der Waals surface area contributed by atoms with Crippen LogP contribution in [0.15, 0.2) is 66.2 Å². The van der Waals surface area contributed by atoms with Crippen molar-refractivity contribution in [2.24, 2.45) is 5.92 Å². The molecule has 0 heterocycles. The number of hydrogen-bond donors (Lipinski definition) is 1. The van der Waals surface area contributed by atoms with Crippen LogP contribution >= 0.6 is 0 Å². The summed E-state index contributed by atoms with van der Waals surface area (Å²) in [7, 11) is 0. The van der Waals surface area contributed by atoms with Gasteiger partial charge in [-0.15, -0.1) is 0 Å². The number of benzene rings is 2. The van der Waals surface area contributed by atoms with Crippen LogP contribution in [0, 0.1) is 5.92 Å². The molecule has 2 heteroatoms. The molecule has 2 nitrogen and oxygen atoms in total. The van der Waals surface area contributed by atoms with Crippen molar-refractivity contribution in [1.29, 1.82) is 0 Å². The average molecular weight is 334 g/mol. The maximum atomic E-state index is 12.4. The normalized spacial score (nSPS) is 22.9. The molecule has 0 spiro atoms. The molecule has 2 aromatic carbocycles. The van der Waals surface area contributed by atoms with Crippen LogP contribution < -0.4 is 0 Å². The summed E-state index contributed by atoms with van der Waals surface area (Å²) in [4.78, 5) is 12.4. The monoisotopic (exact) mass is 334 g/mol. The molecule has 0 fully saturated rings. The smallest absolute Gasteiger partial charge is 0.162 e. The van der Waals surface area contributed by atoms with E-state index in [0.29, 0.717) is 0 Å². The van der Waals surface area contributed by atoms with Gasteiger partial charge in [-0.05, 0) is 41.7 Å². The average Bonchev–Trinajstić information content (AvgIpc) is 2.86. The minimum Gasteiger partial charge on any atom is -0.380 e. The first-order chi connectivity index (χ1) is 12.1. The van der Waals surface area contributed by atoms with Gasteiger partial charge in [-0.25, -0.2) is 0 Å². The van der Waals surface area contributed by atoms with Crippen molar-refractivity contribution in [3.63, 3.8) is 0 Å². The molecule has 0 saturated carbocycles. The second-order valence-electron chi connectivity index (χ2n) is 6.99. The van der Waals surface area contributed by atoms with Gasteiger partial charge >= 0.3 is 0 Å². The van der Waals surface area contributed by atoms with Gasteiger partial charge in [0.25, 0.3) is 0 Å². The maximum absolute atomic E-state index is 12.4. The van der Waals surface area contributed by atoms with Crippen molar-refractivity contribution < 1.29 is 9.90 Å². The molecule has 0 bridgehead atoms. The molecule has 1 N–H and O–H groups in total. The lowest BCUT2D eigenvalue weighted by molar-refractivity contribution is -0.123. The summed E-state index contributed by atoms with van der Waals surface area (Å²) < 4.78 is 0. The lowest BCUT2D eigenvalue weighted by atomic mass is 9.77. The van der Waals surface area contributed by atoms with Crippen LogP contribution in [0.2, 0.25) is 0 Å². The number of unbranched alkanes of at least 4 members (excludes halogenated alkanes) is 2. The zero-order valence-electron chi connectivity index (χ0n) is 15.0. The first-order valence-corrected chi connectivity index (χ1v) is 9.18. The highest BCUT2D eigenvalue weighted by molar-refractivity contribution is 5.97. The van der Waals surface area contributed by atoms with E-state index in [4.69, 9.17) is 0 Å². The highest BCUT2D eigenvalue weighted by Gasteiger charge is 2.47. The number of carbonyl (C=O) groups is 1. The lowest BCUT2D eigenvalue weighted by Gasteiger charge is -2.32. The molecule has 25 heavy (non-hydrogen) atoms. The standard InChI is InChI=1S/C23H26O2/c1-3-4-6-11-21-22(24)16-17(2)23(21,25)20-14-12-19(13-15-20)18-9-7-5-8-10-18/h5,7-10,12-16,21,25H,3-4,6,11H2,1-2H3/t21-,23-/m1/s1. The van der Waals surface area contributed by atoms with Gasteiger partial charge in [0.1, 0.15) is 5.60 Å². The maximum Gasteiger partial charge on any atom is 0.162 e. The van der Waals surface area contributed by atoms with Crippen LogP contribution in [0.3, 0.4) is 0 Å². The summed E-state index contributed by atoms with van der Waals surface area (Å²) in [5, 5.41) is 11.4. The number of rotatable bonds is 6. The first-order valence-electron chi connectivity index (χ1n) is 9.18. The van der Waals surface area contributed by atoms with Crippen LogP contribution in [-0.4, -0.2) is 10.9 Å². The Labute approximate surface area is 150 Å². The molecule has 2 atom stereocenters. The fourth-order valence-electron chi connectivity index (χ4n) is 3.83. The molecule has 130 valence electrons. The van der Waals surface area contributed by atoms with E-state index in [1.165, 1.54) is 0 Å². The number of carbonyl (C=O) groups excluding carboxylic acids is 1. The molecule has 0 amide bonds. The van der Waals surface area contributed by atoms with E-state index in [9.17, 15) is 9.90 Å². The Hall–Kier alpha value is -2.19. The predicted molar refractivity (Wildman–Crippen MR) is 102 cm³/mol. The van der Waals surface area contributed by atoms with Crippen LogP contribution in [0.4, 0.5) is 0 Å². The summed E-state index contributed by atoms with van der Waals surface area (Å²) in [6.07, 6.45) is 5.53. The summed E-state index contributed by atoms with van der Waals surface area (Å²) >= 11 is 0. The Bertz CT molecular complexity index is 758. The molecule has 3 rings (SSSR count). The molecule has 1 aliphatic carbocycles. The summed E-state index contributed by atoms with van der Waals surface area (Å²) in [5.41, 5.74) is 2.66. The van der Waals surface area contributed by atoms with E-state index in [1.807, 2.05) is 49.4 Å². The molecule has 2 aromatic rings. The van der Waals surface area contributed by atoms with Crippen molar-refractivity contribution >= 4 is 5.78 Å². The Balaban J connectivity index is 1.89. The van der Waals surface area contributed by atoms with Gasteiger partial charge in [0.15, 0.2) is 5.78 Å². The second-order valence-corrected chi connectivity index (χ2v) is 6.99. The third kappa shape index (κ3) is 3.32. The number of aliphatic hydroxyl groups is 1. The topological polar surface area (TPSA) is 37.3 Å². The van der Waals surface area contributed by atoms with Crippen LogP contribution in [-0.2, 0) is 10.4 Å². The fourth-order valence-corrected chi connectivity index (χ4v) is 3.83. The van der Waals surface area contributed by atoms with Gasteiger partial charge in [0.05, 0.1) is 5.92 Å².